The third-order valence-electron chi connectivity index (χ3n) is 1.37. The lowest BCUT2D eigenvalue weighted by Crippen LogP contribution is -2.14. The first-order valence-electron chi connectivity index (χ1n) is 3.68. The van der Waals surface area contributed by atoms with E-state index in [2.05, 4.69) is 4.99 Å². The minimum Gasteiger partial charge on any atom is -0.359 e. The minimum absolute atomic E-state index is 0.326. The van der Waals surface area contributed by atoms with Crippen LogP contribution < -0.4 is 0 Å². The van der Waals surface area contributed by atoms with Gasteiger partial charge in [-0.2, -0.15) is 0 Å². The summed E-state index contributed by atoms with van der Waals surface area (Å²) in [6, 6.07) is 0.326. The topological polar surface area (TPSA) is 30.8 Å². The molecule has 1 atom stereocenters. The van der Waals surface area contributed by atoms with Gasteiger partial charge in [-0.3, -0.25) is 4.99 Å². The lowest BCUT2D eigenvalue weighted by atomic mass is 10.4. The maximum atomic E-state index is 5.21. The predicted molar refractivity (Wildman–Crippen MR) is 55.0 cm³/mol. The molecule has 1 rings (SSSR count). The first-order chi connectivity index (χ1) is 5.86. The Kier molecular flexibility index (Phi) is 5.06. The number of hydrogen-bond donors (Lipinski definition) is 0. The second kappa shape index (κ2) is 5.85. The van der Waals surface area contributed by atoms with Crippen LogP contribution in [0.2, 0.25) is 0 Å². The quantitative estimate of drug-likeness (QED) is 0.515. The number of thioether (sulfide) groups is 2. The molecule has 1 aliphatic rings. The number of ether oxygens (including phenoxy) is 2. The van der Waals surface area contributed by atoms with Gasteiger partial charge in [0.1, 0.15) is 11.2 Å². The second-order valence-corrected chi connectivity index (χ2v) is 4.40. The Morgan fingerprint density at radius 2 is 2.58 bits per heavy atom. The maximum absolute atomic E-state index is 5.21. The molecular formula is C7H13NO2S2. The van der Waals surface area contributed by atoms with Crippen LogP contribution in [-0.4, -0.2) is 42.9 Å². The Bertz CT molecular complexity index is 163. The van der Waals surface area contributed by atoms with Gasteiger partial charge >= 0.3 is 0 Å². The van der Waals surface area contributed by atoms with E-state index in [0.29, 0.717) is 19.4 Å². The standard InChI is InChI=1S/C7H13NO2S2/c1-9-5-10-3-6-4-12-7(8-6)11-2/h6H,3-5H2,1-2H3/t6-/m1/s1. The zero-order valence-electron chi connectivity index (χ0n) is 7.28. The van der Waals surface area contributed by atoms with Gasteiger partial charge in [0.15, 0.2) is 0 Å². The first-order valence-corrected chi connectivity index (χ1v) is 5.89. The summed E-state index contributed by atoms with van der Waals surface area (Å²) in [6.45, 7) is 1.04. The van der Waals surface area contributed by atoms with Crippen molar-refractivity contribution in [3.8, 4) is 0 Å². The van der Waals surface area contributed by atoms with Crippen molar-refractivity contribution in [1.82, 2.24) is 0 Å². The summed E-state index contributed by atoms with van der Waals surface area (Å²) >= 11 is 3.50. The van der Waals surface area contributed by atoms with Gasteiger partial charge in [0.2, 0.25) is 0 Å². The predicted octanol–water partition coefficient (Wildman–Crippen LogP) is 1.44. The zero-order valence-corrected chi connectivity index (χ0v) is 8.91. The molecule has 0 bridgehead atoms. The normalized spacial score (nSPS) is 22.8. The molecule has 70 valence electrons. The van der Waals surface area contributed by atoms with Crippen LogP contribution >= 0.6 is 23.5 Å². The summed E-state index contributed by atoms with van der Waals surface area (Å²) in [4.78, 5) is 4.44. The molecule has 0 radical (unpaired) electrons. The van der Waals surface area contributed by atoms with Gasteiger partial charge in [0.25, 0.3) is 0 Å². The molecule has 1 heterocycles. The van der Waals surface area contributed by atoms with E-state index < -0.39 is 0 Å². The van der Waals surface area contributed by atoms with Crippen LogP contribution in [0.25, 0.3) is 0 Å². The maximum Gasteiger partial charge on any atom is 0.146 e. The highest BCUT2D eigenvalue weighted by molar-refractivity contribution is 8.38. The monoisotopic (exact) mass is 207 g/mol. The van der Waals surface area contributed by atoms with Crippen molar-refractivity contribution >= 4 is 27.9 Å². The molecule has 0 aromatic rings. The van der Waals surface area contributed by atoms with E-state index >= 15 is 0 Å². The number of hydrogen-bond acceptors (Lipinski definition) is 5. The van der Waals surface area contributed by atoms with Crippen molar-refractivity contribution in [2.75, 3.05) is 32.5 Å². The van der Waals surface area contributed by atoms with E-state index in [1.165, 1.54) is 4.38 Å². The fraction of sp³-hybridized carbons (Fsp3) is 0.857. The molecule has 5 heteroatoms. The molecule has 0 spiro atoms. The van der Waals surface area contributed by atoms with Gasteiger partial charge in [-0.15, -0.1) is 11.8 Å². The van der Waals surface area contributed by atoms with Crippen LogP contribution in [0.3, 0.4) is 0 Å². The molecule has 0 saturated carbocycles. The Balaban J connectivity index is 2.14. The third kappa shape index (κ3) is 3.35. The van der Waals surface area contributed by atoms with Crippen molar-refractivity contribution in [1.29, 1.82) is 0 Å². The lowest BCUT2D eigenvalue weighted by Gasteiger charge is -2.05. The Morgan fingerprint density at radius 1 is 1.75 bits per heavy atom. The molecule has 0 saturated heterocycles. The SMILES string of the molecule is COCOC[C@@H]1CSC(SC)=N1. The molecule has 12 heavy (non-hydrogen) atoms. The number of aliphatic imine (C=N–C) groups is 1. The van der Waals surface area contributed by atoms with E-state index in [-0.39, 0.29) is 0 Å². The molecule has 0 aromatic carbocycles. The number of methoxy groups -OCH3 is 1. The highest BCUT2D eigenvalue weighted by Gasteiger charge is 2.17. The molecule has 0 aromatic heterocycles. The van der Waals surface area contributed by atoms with E-state index in [1.807, 2.05) is 6.26 Å². The summed E-state index contributed by atoms with van der Waals surface area (Å²) in [5.74, 6) is 1.04. The van der Waals surface area contributed by atoms with E-state index in [4.69, 9.17) is 9.47 Å². The van der Waals surface area contributed by atoms with Crippen molar-refractivity contribution in [3.63, 3.8) is 0 Å². The van der Waals surface area contributed by atoms with Crippen molar-refractivity contribution in [2.45, 2.75) is 6.04 Å². The van der Waals surface area contributed by atoms with Crippen molar-refractivity contribution in [3.05, 3.63) is 0 Å². The molecule has 0 unspecified atom stereocenters. The summed E-state index contributed by atoms with van der Waals surface area (Å²) in [5.41, 5.74) is 0. The van der Waals surface area contributed by atoms with Gasteiger partial charge < -0.3 is 9.47 Å². The van der Waals surface area contributed by atoms with Gasteiger partial charge in [-0.1, -0.05) is 11.8 Å². The van der Waals surface area contributed by atoms with Crippen LogP contribution in [0.15, 0.2) is 4.99 Å². The van der Waals surface area contributed by atoms with E-state index in [1.54, 1.807) is 30.6 Å². The van der Waals surface area contributed by atoms with Crippen LogP contribution in [-0.2, 0) is 9.47 Å². The smallest absolute Gasteiger partial charge is 0.146 e. The van der Waals surface area contributed by atoms with Gasteiger partial charge in [-0.05, 0) is 6.26 Å². The summed E-state index contributed by atoms with van der Waals surface area (Å²) in [5, 5.41) is 0. The highest BCUT2D eigenvalue weighted by Crippen LogP contribution is 2.24. The average Bonchev–Trinajstić information content (AvgIpc) is 2.53. The average molecular weight is 207 g/mol. The fourth-order valence-electron chi connectivity index (χ4n) is 0.856. The fourth-order valence-corrected chi connectivity index (χ4v) is 2.51. The Labute approximate surface area is 81.3 Å². The van der Waals surface area contributed by atoms with Crippen LogP contribution in [0.1, 0.15) is 0 Å². The van der Waals surface area contributed by atoms with Gasteiger partial charge in [0, 0.05) is 12.9 Å². The van der Waals surface area contributed by atoms with E-state index in [9.17, 15) is 0 Å². The van der Waals surface area contributed by atoms with Crippen LogP contribution in [0, 0.1) is 0 Å². The van der Waals surface area contributed by atoms with Crippen molar-refractivity contribution < 1.29 is 9.47 Å². The molecule has 0 N–H and O–H groups in total. The summed E-state index contributed by atoms with van der Waals surface area (Å²) in [6.07, 6.45) is 2.05. The molecule has 3 nitrogen and oxygen atoms in total. The first kappa shape index (κ1) is 10.4. The molecular weight excluding hydrogens is 194 g/mol. The third-order valence-corrected chi connectivity index (χ3v) is 3.59. The van der Waals surface area contributed by atoms with Gasteiger partial charge in [0.05, 0.1) is 12.6 Å². The molecule has 0 aliphatic carbocycles. The Morgan fingerprint density at radius 3 is 3.17 bits per heavy atom. The van der Waals surface area contributed by atoms with E-state index in [0.717, 1.165) is 5.75 Å². The van der Waals surface area contributed by atoms with Gasteiger partial charge in [-0.25, -0.2) is 0 Å². The van der Waals surface area contributed by atoms with Crippen molar-refractivity contribution in [2.24, 2.45) is 4.99 Å². The summed E-state index contributed by atoms with van der Waals surface area (Å²) < 4.78 is 11.1. The number of nitrogens with zero attached hydrogens (tertiary/aromatic N) is 1. The molecule has 0 amide bonds. The molecule has 0 fully saturated rings. The zero-order chi connectivity index (χ0) is 8.81. The minimum atomic E-state index is 0.326. The summed E-state index contributed by atoms with van der Waals surface area (Å²) in [7, 11) is 1.62. The number of rotatable bonds is 4. The second-order valence-electron chi connectivity index (χ2n) is 2.34. The highest BCUT2D eigenvalue weighted by atomic mass is 32.2. The lowest BCUT2D eigenvalue weighted by molar-refractivity contribution is -0.0330. The van der Waals surface area contributed by atoms with Crippen LogP contribution in [0.5, 0.6) is 0 Å². The largest absolute Gasteiger partial charge is 0.359 e. The molecule has 1 aliphatic heterocycles. The Hall–Kier alpha value is 0.290. The van der Waals surface area contributed by atoms with Crippen LogP contribution in [0.4, 0.5) is 0 Å².